The highest BCUT2D eigenvalue weighted by molar-refractivity contribution is 7.87. The topological polar surface area (TPSA) is 75.4 Å². The Hall–Kier alpha value is -0.870. The van der Waals surface area contributed by atoms with Gasteiger partial charge in [-0.05, 0) is 12.1 Å². The van der Waals surface area contributed by atoms with E-state index in [9.17, 15) is 21.6 Å². The van der Waals surface area contributed by atoms with Gasteiger partial charge in [0.25, 0.3) is 16.1 Å². The molecule has 3 N–H and O–H groups in total. The molecule has 10 heteroatoms. The summed E-state index contributed by atoms with van der Waals surface area (Å²) in [6, 6.07) is 3.89. The van der Waals surface area contributed by atoms with E-state index in [0.29, 0.717) is 4.31 Å². The number of rotatable bonds is 7. The fourth-order valence-corrected chi connectivity index (χ4v) is 2.51. The van der Waals surface area contributed by atoms with Crippen LogP contribution in [0, 0.1) is 5.82 Å². The second kappa shape index (κ2) is 6.93. The van der Waals surface area contributed by atoms with E-state index < -0.39 is 41.6 Å². The third-order valence-corrected chi connectivity index (χ3v) is 4.48. The summed E-state index contributed by atoms with van der Waals surface area (Å²) in [6.45, 7) is -2.52. The lowest BCUT2D eigenvalue weighted by atomic mass is 10.2. The molecule has 21 heavy (non-hydrogen) atoms. The summed E-state index contributed by atoms with van der Waals surface area (Å²) in [4.78, 5) is 0. The summed E-state index contributed by atoms with van der Waals surface area (Å²) < 4.78 is 65.5. The Balaban J connectivity index is 2.81. The second-order valence-electron chi connectivity index (χ2n) is 4.34. The molecule has 0 unspecified atom stereocenters. The molecule has 0 amide bonds. The predicted molar refractivity (Wildman–Crippen MR) is 73.8 cm³/mol. The fourth-order valence-electron chi connectivity index (χ4n) is 1.37. The van der Waals surface area contributed by atoms with E-state index in [0.717, 1.165) is 13.1 Å². The van der Waals surface area contributed by atoms with Crippen LogP contribution in [0.1, 0.15) is 5.56 Å². The molecule has 0 saturated heterocycles. The van der Waals surface area contributed by atoms with Crippen molar-refractivity contribution in [2.24, 2.45) is 5.73 Å². The minimum Gasteiger partial charge on any atom is -0.325 e. The highest BCUT2D eigenvalue weighted by atomic mass is 35.5. The van der Waals surface area contributed by atoms with Gasteiger partial charge in [-0.3, -0.25) is 0 Å². The lowest BCUT2D eigenvalue weighted by Gasteiger charge is -2.21. The lowest BCUT2D eigenvalue weighted by Crippen LogP contribution is -2.46. The summed E-state index contributed by atoms with van der Waals surface area (Å²) in [5.74, 6) is -4.04. The Morgan fingerprint density at radius 3 is 2.57 bits per heavy atom. The number of nitrogens with one attached hydrogen (secondary N) is 1. The highest BCUT2D eigenvalue weighted by Gasteiger charge is 2.30. The standard InChI is InChI=1S/C11H15ClF3N3O2S/c1-18(5-8-9(12)3-2-4-10(8)13)21(19,20)17-7-11(14,15)6-16/h2-4,17H,5-7,16H2,1H3. The Bertz CT molecular complexity index is 578. The molecule has 5 nitrogen and oxygen atoms in total. The van der Waals surface area contributed by atoms with E-state index >= 15 is 0 Å². The number of hydrogen-bond donors (Lipinski definition) is 2. The summed E-state index contributed by atoms with van der Waals surface area (Å²) >= 11 is 5.78. The molecule has 0 fully saturated rings. The fraction of sp³-hybridized carbons (Fsp3) is 0.455. The van der Waals surface area contributed by atoms with Gasteiger partial charge in [-0.1, -0.05) is 17.7 Å². The molecule has 0 saturated carbocycles. The normalized spacial score (nSPS) is 12.9. The minimum absolute atomic E-state index is 0.0439. The second-order valence-corrected chi connectivity index (χ2v) is 6.61. The average Bonchev–Trinajstić information content (AvgIpc) is 2.41. The predicted octanol–water partition coefficient (Wildman–Crippen LogP) is 1.34. The molecule has 1 aromatic carbocycles. The largest absolute Gasteiger partial charge is 0.325 e. The van der Waals surface area contributed by atoms with Gasteiger partial charge in [-0.2, -0.15) is 17.4 Å². The van der Waals surface area contributed by atoms with Gasteiger partial charge in [0.2, 0.25) is 0 Å². The Labute approximate surface area is 126 Å². The number of benzene rings is 1. The maximum absolute atomic E-state index is 13.6. The van der Waals surface area contributed by atoms with Crippen LogP contribution >= 0.6 is 11.6 Å². The third-order valence-electron chi connectivity index (χ3n) is 2.66. The number of nitrogens with two attached hydrogens (primary N) is 1. The molecule has 0 atom stereocenters. The molecule has 0 bridgehead atoms. The molecule has 1 aromatic rings. The van der Waals surface area contributed by atoms with E-state index in [1.807, 2.05) is 0 Å². The first-order valence-electron chi connectivity index (χ1n) is 5.81. The number of halogens is 4. The Morgan fingerprint density at radius 2 is 2.05 bits per heavy atom. The van der Waals surface area contributed by atoms with Crippen LogP contribution in [0.4, 0.5) is 13.2 Å². The van der Waals surface area contributed by atoms with Crippen molar-refractivity contribution in [1.29, 1.82) is 0 Å². The van der Waals surface area contributed by atoms with Gasteiger partial charge in [0, 0.05) is 24.2 Å². The van der Waals surface area contributed by atoms with Crippen LogP contribution in [0.25, 0.3) is 0 Å². The molecule has 120 valence electrons. The van der Waals surface area contributed by atoms with Crippen LogP contribution in [-0.4, -0.2) is 38.8 Å². The molecule has 0 aliphatic carbocycles. The summed E-state index contributed by atoms with van der Waals surface area (Å²) in [6.07, 6.45) is 0. The van der Waals surface area contributed by atoms with Crippen LogP contribution in [0.2, 0.25) is 5.02 Å². The van der Waals surface area contributed by atoms with Crippen molar-refractivity contribution in [3.05, 3.63) is 34.6 Å². The van der Waals surface area contributed by atoms with E-state index in [-0.39, 0.29) is 10.6 Å². The molecule has 0 spiro atoms. The molecular formula is C11H15ClF3N3O2S. The molecule has 0 heterocycles. The molecule has 0 radical (unpaired) electrons. The number of alkyl halides is 2. The minimum atomic E-state index is -4.21. The van der Waals surface area contributed by atoms with Gasteiger partial charge in [-0.15, -0.1) is 0 Å². The van der Waals surface area contributed by atoms with Gasteiger partial charge in [0.1, 0.15) is 5.82 Å². The maximum atomic E-state index is 13.6. The highest BCUT2D eigenvalue weighted by Crippen LogP contribution is 2.21. The number of nitrogens with zero attached hydrogens (tertiary/aromatic N) is 1. The zero-order valence-electron chi connectivity index (χ0n) is 11.1. The van der Waals surface area contributed by atoms with Gasteiger partial charge in [0.05, 0.1) is 13.1 Å². The van der Waals surface area contributed by atoms with E-state index in [1.54, 1.807) is 4.72 Å². The molecule has 0 aromatic heterocycles. The van der Waals surface area contributed by atoms with Gasteiger partial charge < -0.3 is 5.73 Å². The lowest BCUT2D eigenvalue weighted by molar-refractivity contribution is 0.0167. The van der Waals surface area contributed by atoms with E-state index in [2.05, 4.69) is 0 Å². The van der Waals surface area contributed by atoms with E-state index in [1.165, 1.54) is 12.1 Å². The van der Waals surface area contributed by atoms with Crippen molar-refractivity contribution >= 4 is 21.8 Å². The first kappa shape index (κ1) is 18.2. The zero-order chi connectivity index (χ0) is 16.3. The van der Waals surface area contributed by atoms with Crippen molar-refractivity contribution in [2.45, 2.75) is 12.5 Å². The third kappa shape index (κ3) is 5.11. The van der Waals surface area contributed by atoms with Crippen molar-refractivity contribution in [2.75, 3.05) is 20.1 Å². The average molecular weight is 346 g/mol. The molecular weight excluding hydrogens is 331 g/mol. The van der Waals surface area contributed by atoms with Crippen LogP contribution in [-0.2, 0) is 16.8 Å². The smallest absolute Gasteiger partial charge is 0.279 e. The van der Waals surface area contributed by atoms with Gasteiger partial charge in [0.15, 0.2) is 0 Å². The first-order valence-corrected chi connectivity index (χ1v) is 7.62. The van der Waals surface area contributed by atoms with Crippen molar-refractivity contribution in [1.82, 2.24) is 9.03 Å². The van der Waals surface area contributed by atoms with Crippen LogP contribution < -0.4 is 10.5 Å². The van der Waals surface area contributed by atoms with Crippen molar-refractivity contribution in [3.63, 3.8) is 0 Å². The molecule has 0 aliphatic rings. The number of hydrogen-bond acceptors (Lipinski definition) is 3. The molecule has 0 aliphatic heterocycles. The van der Waals surface area contributed by atoms with E-state index in [4.69, 9.17) is 17.3 Å². The van der Waals surface area contributed by atoms with Gasteiger partial charge in [-0.25, -0.2) is 13.2 Å². The Kier molecular flexibility index (Phi) is 6.00. The maximum Gasteiger partial charge on any atom is 0.279 e. The Morgan fingerprint density at radius 1 is 1.43 bits per heavy atom. The SMILES string of the molecule is CN(Cc1c(F)cccc1Cl)S(=O)(=O)NCC(F)(F)CN. The molecule has 1 rings (SSSR count). The quantitative estimate of drug-likeness (QED) is 0.783. The summed E-state index contributed by atoms with van der Waals surface area (Å²) in [7, 11) is -3.10. The first-order chi connectivity index (χ1) is 9.59. The van der Waals surface area contributed by atoms with Crippen LogP contribution in [0.5, 0.6) is 0 Å². The summed E-state index contributed by atoms with van der Waals surface area (Å²) in [5.41, 5.74) is 4.77. The van der Waals surface area contributed by atoms with Crippen molar-refractivity contribution < 1.29 is 21.6 Å². The van der Waals surface area contributed by atoms with Crippen LogP contribution in [0.15, 0.2) is 18.2 Å². The van der Waals surface area contributed by atoms with Crippen molar-refractivity contribution in [3.8, 4) is 0 Å². The zero-order valence-corrected chi connectivity index (χ0v) is 12.7. The van der Waals surface area contributed by atoms with Crippen LogP contribution in [0.3, 0.4) is 0 Å². The van der Waals surface area contributed by atoms with Gasteiger partial charge >= 0.3 is 0 Å². The monoisotopic (exact) mass is 345 g/mol. The summed E-state index contributed by atoms with van der Waals surface area (Å²) in [5, 5.41) is 0.0457.